The number of rotatable bonds is 4. The first-order chi connectivity index (χ1) is 8.67. The monoisotopic (exact) mass is 284 g/mol. The normalized spacial score (nSPS) is 13.3. The summed E-state index contributed by atoms with van der Waals surface area (Å²) >= 11 is 0. The number of carbonyl (C=O) groups is 1. The molecule has 0 heterocycles. The van der Waals surface area contributed by atoms with Crippen LogP contribution in [0.3, 0.4) is 0 Å². The predicted octanol–water partition coefficient (Wildman–Crippen LogP) is 1.26. The van der Waals surface area contributed by atoms with Crippen molar-refractivity contribution in [3.05, 3.63) is 23.8 Å². The molecule has 0 saturated carbocycles. The molecule has 0 aliphatic rings. The molecule has 0 bridgehead atoms. The van der Waals surface area contributed by atoms with Crippen LogP contribution in [0.5, 0.6) is 0 Å². The minimum atomic E-state index is -3.73. The van der Waals surface area contributed by atoms with Gasteiger partial charge in [0.25, 0.3) is 0 Å². The molecule has 0 aliphatic carbocycles. The van der Waals surface area contributed by atoms with E-state index in [-0.39, 0.29) is 10.9 Å². The zero-order valence-corrected chi connectivity index (χ0v) is 12.4. The van der Waals surface area contributed by atoms with E-state index in [9.17, 15) is 13.2 Å². The van der Waals surface area contributed by atoms with E-state index in [1.807, 2.05) is 0 Å². The van der Waals surface area contributed by atoms with Crippen molar-refractivity contribution in [2.24, 2.45) is 0 Å². The molecule has 5 nitrogen and oxygen atoms in total. The van der Waals surface area contributed by atoms with Crippen LogP contribution in [0.25, 0.3) is 0 Å². The molecule has 19 heavy (non-hydrogen) atoms. The molecule has 0 saturated heterocycles. The number of amides is 1. The topological polar surface area (TPSA) is 89.3 Å². The fourth-order valence-electron chi connectivity index (χ4n) is 1.67. The van der Waals surface area contributed by atoms with Crippen molar-refractivity contribution in [3.63, 3.8) is 0 Å². The minimum absolute atomic E-state index is 0.105. The molecular formula is C13H20N2O3S. The van der Waals surface area contributed by atoms with E-state index >= 15 is 0 Å². The van der Waals surface area contributed by atoms with Gasteiger partial charge >= 0.3 is 0 Å². The molecule has 3 N–H and O–H groups in total. The van der Waals surface area contributed by atoms with Gasteiger partial charge < -0.3 is 11.1 Å². The molecule has 1 amide bonds. The largest absolute Gasteiger partial charge is 0.398 e. The van der Waals surface area contributed by atoms with Crippen molar-refractivity contribution in [1.29, 1.82) is 0 Å². The first-order valence-electron chi connectivity index (χ1n) is 6.07. The SMILES string of the molecule is Cc1c(N)cccc1S(=O)(=O)C(C)C(=O)NC(C)C. The van der Waals surface area contributed by atoms with Crippen LogP contribution in [-0.2, 0) is 14.6 Å². The quantitative estimate of drug-likeness (QED) is 0.815. The molecule has 1 unspecified atom stereocenters. The summed E-state index contributed by atoms with van der Waals surface area (Å²) in [4.78, 5) is 12.0. The van der Waals surface area contributed by atoms with Crippen LogP contribution in [0.2, 0.25) is 0 Å². The van der Waals surface area contributed by atoms with Gasteiger partial charge in [-0.1, -0.05) is 6.07 Å². The third kappa shape index (κ3) is 3.26. The van der Waals surface area contributed by atoms with E-state index in [0.717, 1.165) is 0 Å². The maximum atomic E-state index is 12.4. The Balaban J connectivity index is 3.17. The van der Waals surface area contributed by atoms with Gasteiger partial charge in [0, 0.05) is 11.7 Å². The Morgan fingerprint density at radius 3 is 2.37 bits per heavy atom. The summed E-state index contributed by atoms with van der Waals surface area (Å²) in [7, 11) is -3.73. The average molecular weight is 284 g/mol. The Kier molecular flexibility index (Phi) is 4.57. The highest BCUT2D eigenvalue weighted by Gasteiger charge is 2.31. The lowest BCUT2D eigenvalue weighted by atomic mass is 10.2. The lowest BCUT2D eigenvalue weighted by molar-refractivity contribution is -0.120. The smallest absolute Gasteiger partial charge is 0.238 e. The Bertz CT molecular complexity index is 580. The second-order valence-electron chi connectivity index (χ2n) is 4.82. The van der Waals surface area contributed by atoms with Crippen molar-refractivity contribution >= 4 is 21.4 Å². The van der Waals surface area contributed by atoms with Gasteiger partial charge in [0.15, 0.2) is 9.84 Å². The molecule has 6 heteroatoms. The number of nitrogens with two attached hydrogens (primary N) is 1. The van der Waals surface area contributed by atoms with Gasteiger partial charge in [0.2, 0.25) is 5.91 Å². The maximum Gasteiger partial charge on any atom is 0.238 e. The third-order valence-electron chi connectivity index (χ3n) is 2.90. The summed E-state index contributed by atoms with van der Waals surface area (Å²) in [5.74, 6) is -0.503. The molecule has 1 atom stereocenters. The summed E-state index contributed by atoms with van der Waals surface area (Å²) in [5, 5.41) is 1.46. The highest BCUT2D eigenvalue weighted by molar-refractivity contribution is 7.92. The fourth-order valence-corrected chi connectivity index (χ4v) is 3.22. The number of nitrogen functional groups attached to an aromatic ring is 1. The summed E-state index contributed by atoms with van der Waals surface area (Å²) in [6.45, 7) is 6.58. The van der Waals surface area contributed by atoms with Crippen molar-refractivity contribution in [2.45, 2.75) is 43.9 Å². The van der Waals surface area contributed by atoms with Crippen molar-refractivity contribution in [1.82, 2.24) is 5.32 Å². The number of hydrogen-bond acceptors (Lipinski definition) is 4. The Labute approximate surface area is 114 Å². The lowest BCUT2D eigenvalue weighted by Gasteiger charge is -2.17. The summed E-state index contributed by atoms with van der Waals surface area (Å²) in [5.41, 5.74) is 6.59. The average Bonchev–Trinajstić information content (AvgIpc) is 2.30. The zero-order valence-electron chi connectivity index (χ0n) is 11.6. The van der Waals surface area contributed by atoms with E-state index in [1.54, 1.807) is 32.9 Å². The van der Waals surface area contributed by atoms with E-state index < -0.39 is 21.0 Å². The second-order valence-corrected chi connectivity index (χ2v) is 7.06. The zero-order chi connectivity index (χ0) is 14.8. The summed E-state index contributed by atoms with van der Waals surface area (Å²) in [6, 6.07) is 4.57. The van der Waals surface area contributed by atoms with Gasteiger partial charge in [-0.3, -0.25) is 4.79 Å². The Morgan fingerprint density at radius 1 is 1.26 bits per heavy atom. The molecule has 1 rings (SSSR count). The van der Waals surface area contributed by atoms with E-state index in [0.29, 0.717) is 11.3 Å². The molecule has 0 aromatic heterocycles. The van der Waals surface area contributed by atoms with Crippen LogP contribution in [-0.4, -0.2) is 25.6 Å². The predicted molar refractivity (Wildman–Crippen MR) is 75.5 cm³/mol. The summed E-state index contributed by atoms with van der Waals surface area (Å²) in [6.07, 6.45) is 0. The highest BCUT2D eigenvalue weighted by Crippen LogP contribution is 2.24. The van der Waals surface area contributed by atoms with Crippen LogP contribution in [0.15, 0.2) is 23.1 Å². The van der Waals surface area contributed by atoms with Gasteiger partial charge in [0.1, 0.15) is 5.25 Å². The lowest BCUT2D eigenvalue weighted by Crippen LogP contribution is -2.41. The number of nitrogens with one attached hydrogen (secondary N) is 1. The molecule has 1 aromatic carbocycles. The van der Waals surface area contributed by atoms with E-state index in [1.165, 1.54) is 13.0 Å². The molecule has 106 valence electrons. The number of carbonyl (C=O) groups excluding carboxylic acids is 1. The van der Waals surface area contributed by atoms with Gasteiger partial charge in [-0.15, -0.1) is 0 Å². The van der Waals surface area contributed by atoms with Crippen LogP contribution in [0.1, 0.15) is 26.3 Å². The molecule has 0 fully saturated rings. The van der Waals surface area contributed by atoms with Crippen LogP contribution >= 0.6 is 0 Å². The fraction of sp³-hybridized carbons (Fsp3) is 0.462. The Morgan fingerprint density at radius 2 is 1.84 bits per heavy atom. The second kappa shape index (κ2) is 5.61. The first kappa shape index (κ1) is 15.5. The molecule has 0 radical (unpaired) electrons. The minimum Gasteiger partial charge on any atom is -0.398 e. The molecule has 0 spiro atoms. The van der Waals surface area contributed by atoms with Crippen LogP contribution in [0.4, 0.5) is 5.69 Å². The van der Waals surface area contributed by atoms with Gasteiger partial charge in [0.05, 0.1) is 4.90 Å². The highest BCUT2D eigenvalue weighted by atomic mass is 32.2. The van der Waals surface area contributed by atoms with Crippen molar-refractivity contribution in [2.75, 3.05) is 5.73 Å². The molecular weight excluding hydrogens is 264 g/mol. The van der Waals surface area contributed by atoms with Crippen molar-refractivity contribution in [3.8, 4) is 0 Å². The number of benzene rings is 1. The van der Waals surface area contributed by atoms with Crippen molar-refractivity contribution < 1.29 is 13.2 Å². The number of hydrogen-bond donors (Lipinski definition) is 2. The first-order valence-corrected chi connectivity index (χ1v) is 7.62. The van der Waals surface area contributed by atoms with E-state index in [2.05, 4.69) is 5.32 Å². The standard InChI is InChI=1S/C13H20N2O3S/c1-8(2)15-13(16)10(4)19(17,18)12-7-5-6-11(14)9(12)3/h5-8,10H,14H2,1-4H3,(H,15,16). The van der Waals surface area contributed by atoms with Gasteiger partial charge in [-0.2, -0.15) is 0 Å². The summed E-state index contributed by atoms with van der Waals surface area (Å²) < 4.78 is 24.8. The molecule has 0 aliphatic heterocycles. The maximum absolute atomic E-state index is 12.4. The van der Waals surface area contributed by atoms with Gasteiger partial charge in [-0.25, -0.2) is 8.42 Å². The van der Waals surface area contributed by atoms with Gasteiger partial charge in [-0.05, 0) is 45.4 Å². The third-order valence-corrected chi connectivity index (χ3v) is 5.10. The Hall–Kier alpha value is -1.56. The van der Waals surface area contributed by atoms with Crippen LogP contribution < -0.4 is 11.1 Å². The molecule has 1 aromatic rings. The van der Waals surface area contributed by atoms with Crippen LogP contribution in [0, 0.1) is 6.92 Å². The number of sulfone groups is 1. The van der Waals surface area contributed by atoms with E-state index in [4.69, 9.17) is 5.73 Å². The number of anilines is 1.